The molecular weight excluding hydrogens is 248 g/mol. The molecule has 1 N–H and O–H groups in total. The van der Waals surface area contributed by atoms with Gasteiger partial charge in [-0.1, -0.05) is 6.07 Å². The molecule has 5 heteroatoms. The molecule has 0 amide bonds. The van der Waals surface area contributed by atoms with Crippen LogP contribution in [0.25, 0.3) is 0 Å². The van der Waals surface area contributed by atoms with E-state index in [4.69, 9.17) is 0 Å². The van der Waals surface area contributed by atoms with Crippen molar-refractivity contribution >= 4 is 15.7 Å². The standard InChI is InChI=1S/C13H22N2O2S/c1-11-6-7-13(10-12(11)2)15(18(4,16)17)9-5-8-14-3/h6-7,10,14H,5,8-9H2,1-4H3. The first kappa shape index (κ1) is 15.0. The third-order valence-corrected chi connectivity index (χ3v) is 4.16. The van der Waals surface area contributed by atoms with Crippen molar-refractivity contribution in [3.63, 3.8) is 0 Å². The molecule has 18 heavy (non-hydrogen) atoms. The van der Waals surface area contributed by atoms with E-state index in [1.54, 1.807) is 0 Å². The summed E-state index contributed by atoms with van der Waals surface area (Å²) in [5, 5.41) is 3.02. The zero-order valence-corrected chi connectivity index (χ0v) is 12.3. The molecule has 1 aromatic rings. The molecule has 0 aliphatic carbocycles. The van der Waals surface area contributed by atoms with Crippen molar-refractivity contribution in [1.82, 2.24) is 5.32 Å². The average molecular weight is 270 g/mol. The van der Waals surface area contributed by atoms with E-state index >= 15 is 0 Å². The number of nitrogens with zero attached hydrogens (tertiary/aromatic N) is 1. The van der Waals surface area contributed by atoms with E-state index in [1.807, 2.05) is 39.1 Å². The summed E-state index contributed by atoms with van der Waals surface area (Å²) in [6, 6.07) is 5.75. The first-order chi connectivity index (χ1) is 8.36. The molecule has 0 fully saturated rings. The Labute approximate surface area is 110 Å². The number of aryl methyl sites for hydroxylation is 2. The van der Waals surface area contributed by atoms with Gasteiger partial charge in [0, 0.05) is 6.54 Å². The predicted octanol–water partition coefficient (Wildman–Crippen LogP) is 1.68. The zero-order chi connectivity index (χ0) is 13.8. The van der Waals surface area contributed by atoms with Crippen molar-refractivity contribution in [2.45, 2.75) is 20.3 Å². The zero-order valence-electron chi connectivity index (χ0n) is 11.5. The Morgan fingerprint density at radius 2 is 1.89 bits per heavy atom. The highest BCUT2D eigenvalue weighted by Crippen LogP contribution is 2.21. The van der Waals surface area contributed by atoms with Gasteiger partial charge in [-0.25, -0.2) is 8.42 Å². The number of nitrogens with one attached hydrogen (secondary N) is 1. The number of rotatable bonds is 6. The van der Waals surface area contributed by atoms with Gasteiger partial charge in [-0.15, -0.1) is 0 Å². The Morgan fingerprint density at radius 3 is 2.39 bits per heavy atom. The van der Waals surface area contributed by atoms with Gasteiger partial charge in [-0.05, 0) is 57.1 Å². The van der Waals surface area contributed by atoms with Gasteiger partial charge < -0.3 is 5.32 Å². The quantitative estimate of drug-likeness (QED) is 0.800. The first-order valence-corrected chi connectivity index (χ1v) is 7.90. The van der Waals surface area contributed by atoms with Crippen LogP contribution in [0.4, 0.5) is 5.69 Å². The van der Waals surface area contributed by atoms with Crippen molar-refractivity contribution in [3.05, 3.63) is 29.3 Å². The number of benzene rings is 1. The van der Waals surface area contributed by atoms with Gasteiger partial charge in [0.15, 0.2) is 0 Å². The van der Waals surface area contributed by atoms with E-state index in [9.17, 15) is 8.42 Å². The molecule has 0 aliphatic heterocycles. The van der Waals surface area contributed by atoms with E-state index in [0.717, 1.165) is 24.2 Å². The van der Waals surface area contributed by atoms with Crippen LogP contribution in [0.15, 0.2) is 18.2 Å². The van der Waals surface area contributed by atoms with Gasteiger partial charge >= 0.3 is 0 Å². The summed E-state index contributed by atoms with van der Waals surface area (Å²) in [5.74, 6) is 0. The predicted molar refractivity (Wildman–Crippen MR) is 76.6 cm³/mol. The van der Waals surface area contributed by atoms with E-state index < -0.39 is 10.0 Å². The van der Waals surface area contributed by atoms with Crippen LogP contribution in [0.5, 0.6) is 0 Å². The summed E-state index contributed by atoms with van der Waals surface area (Å²) in [6.07, 6.45) is 2.04. The third-order valence-electron chi connectivity index (χ3n) is 2.97. The molecule has 4 nitrogen and oxygen atoms in total. The van der Waals surface area contributed by atoms with Crippen molar-refractivity contribution < 1.29 is 8.42 Å². The Bertz CT molecular complexity index is 498. The minimum Gasteiger partial charge on any atom is -0.320 e. The van der Waals surface area contributed by atoms with Gasteiger partial charge in [0.2, 0.25) is 10.0 Å². The molecule has 0 saturated heterocycles. The lowest BCUT2D eigenvalue weighted by Crippen LogP contribution is -2.32. The van der Waals surface area contributed by atoms with Crippen LogP contribution in [0.1, 0.15) is 17.5 Å². The van der Waals surface area contributed by atoms with Gasteiger partial charge in [-0.3, -0.25) is 4.31 Å². The van der Waals surface area contributed by atoms with Crippen LogP contribution < -0.4 is 9.62 Å². The summed E-state index contributed by atoms with van der Waals surface area (Å²) in [7, 11) is -1.36. The third kappa shape index (κ3) is 3.99. The normalized spacial score (nSPS) is 11.6. The second kappa shape index (κ2) is 6.20. The molecule has 0 radical (unpaired) electrons. The van der Waals surface area contributed by atoms with Gasteiger partial charge in [0.05, 0.1) is 11.9 Å². The van der Waals surface area contributed by atoms with Crippen LogP contribution in [0.3, 0.4) is 0 Å². The number of hydrogen-bond donors (Lipinski definition) is 1. The van der Waals surface area contributed by atoms with E-state index in [-0.39, 0.29) is 0 Å². The highest BCUT2D eigenvalue weighted by molar-refractivity contribution is 7.92. The molecule has 102 valence electrons. The molecular formula is C13H22N2O2S. The Hall–Kier alpha value is -1.07. The number of sulfonamides is 1. The Kier molecular flexibility index (Phi) is 5.16. The molecule has 0 bridgehead atoms. The maximum absolute atomic E-state index is 11.8. The van der Waals surface area contributed by atoms with Crippen molar-refractivity contribution in [3.8, 4) is 0 Å². The molecule has 1 rings (SSSR count). The summed E-state index contributed by atoms with van der Waals surface area (Å²) in [6.45, 7) is 5.32. The van der Waals surface area contributed by atoms with Crippen LogP contribution in [0.2, 0.25) is 0 Å². The fraction of sp³-hybridized carbons (Fsp3) is 0.538. The van der Waals surface area contributed by atoms with Crippen LogP contribution in [-0.4, -0.2) is 34.8 Å². The van der Waals surface area contributed by atoms with E-state index in [2.05, 4.69) is 5.32 Å². The number of anilines is 1. The van der Waals surface area contributed by atoms with Crippen molar-refractivity contribution in [2.24, 2.45) is 0 Å². The molecule has 0 atom stereocenters. The van der Waals surface area contributed by atoms with Crippen LogP contribution in [0, 0.1) is 13.8 Å². The van der Waals surface area contributed by atoms with Crippen molar-refractivity contribution in [1.29, 1.82) is 0 Å². The monoisotopic (exact) mass is 270 g/mol. The summed E-state index contributed by atoms with van der Waals surface area (Å²) >= 11 is 0. The maximum Gasteiger partial charge on any atom is 0.232 e. The topological polar surface area (TPSA) is 49.4 Å². The second-order valence-corrected chi connectivity index (χ2v) is 6.47. The molecule has 1 aromatic carbocycles. The molecule has 0 heterocycles. The number of hydrogen-bond acceptors (Lipinski definition) is 3. The smallest absolute Gasteiger partial charge is 0.232 e. The SMILES string of the molecule is CNCCCN(c1ccc(C)c(C)c1)S(C)(=O)=O. The highest BCUT2D eigenvalue weighted by atomic mass is 32.2. The Balaban J connectivity index is 2.99. The largest absolute Gasteiger partial charge is 0.320 e. The molecule has 0 aliphatic rings. The summed E-state index contributed by atoms with van der Waals surface area (Å²) in [5.41, 5.74) is 3.02. The van der Waals surface area contributed by atoms with Gasteiger partial charge in [-0.2, -0.15) is 0 Å². The second-order valence-electron chi connectivity index (χ2n) is 4.56. The molecule has 0 unspecified atom stereocenters. The fourth-order valence-corrected chi connectivity index (χ4v) is 2.72. The lowest BCUT2D eigenvalue weighted by Gasteiger charge is -2.23. The lowest BCUT2D eigenvalue weighted by atomic mass is 10.1. The summed E-state index contributed by atoms with van der Waals surface area (Å²) in [4.78, 5) is 0. The highest BCUT2D eigenvalue weighted by Gasteiger charge is 2.17. The minimum absolute atomic E-state index is 0.502. The van der Waals surface area contributed by atoms with Gasteiger partial charge in [0.1, 0.15) is 0 Å². The molecule has 0 spiro atoms. The summed E-state index contributed by atoms with van der Waals surface area (Å²) < 4.78 is 25.1. The van der Waals surface area contributed by atoms with Gasteiger partial charge in [0.25, 0.3) is 0 Å². The van der Waals surface area contributed by atoms with Crippen LogP contribution in [-0.2, 0) is 10.0 Å². The van der Waals surface area contributed by atoms with E-state index in [1.165, 1.54) is 16.1 Å². The minimum atomic E-state index is -3.22. The molecule has 0 aromatic heterocycles. The average Bonchev–Trinajstić information content (AvgIpc) is 2.27. The first-order valence-electron chi connectivity index (χ1n) is 6.06. The molecule has 0 saturated carbocycles. The van der Waals surface area contributed by atoms with Crippen LogP contribution >= 0.6 is 0 Å². The Morgan fingerprint density at radius 1 is 1.22 bits per heavy atom. The lowest BCUT2D eigenvalue weighted by molar-refractivity contribution is 0.594. The fourth-order valence-electron chi connectivity index (χ4n) is 1.77. The van der Waals surface area contributed by atoms with Crippen molar-refractivity contribution in [2.75, 3.05) is 30.7 Å². The maximum atomic E-state index is 11.8. The van der Waals surface area contributed by atoms with E-state index in [0.29, 0.717) is 6.54 Å².